The van der Waals surface area contributed by atoms with Gasteiger partial charge in [-0.25, -0.2) is 0 Å². The number of aliphatic hydroxyl groups excluding tert-OH is 1. The first-order valence-electron chi connectivity index (χ1n) is 8.68. The number of benzene rings is 2. The maximum absolute atomic E-state index is 12.0. The Bertz CT molecular complexity index is 690. The quantitative estimate of drug-likeness (QED) is 0.694. The summed E-state index contributed by atoms with van der Waals surface area (Å²) in [5.74, 6) is 0.650. The minimum atomic E-state index is -0.759. The number of ether oxygens (including phenoxy) is 1. The van der Waals surface area contributed by atoms with Crippen molar-refractivity contribution in [2.24, 2.45) is 0 Å². The average Bonchev–Trinajstić information content (AvgIpc) is 3.20. The number of rotatable bonds is 7. The molecule has 0 aliphatic carbocycles. The van der Waals surface area contributed by atoms with Crippen LogP contribution in [-0.4, -0.2) is 30.1 Å². The molecular weight excluding hydrogens is 352 g/mol. The molecule has 1 aliphatic rings. The van der Waals surface area contributed by atoms with Gasteiger partial charge in [-0.05, 0) is 42.6 Å². The molecule has 2 aromatic rings. The van der Waals surface area contributed by atoms with E-state index in [4.69, 9.17) is 4.74 Å². The van der Waals surface area contributed by atoms with E-state index in [2.05, 4.69) is 10.6 Å². The molecule has 0 radical (unpaired) electrons. The minimum absolute atomic E-state index is 0. The van der Waals surface area contributed by atoms with E-state index in [9.17, 15) is 9.90 Å². The van der Waals surface area contributed by atoms with Crippen molar-refractivity contribution in [2.75, 3.05) is 13.1 Å². The molecule has 0 bridgehead atoms. The van der Waals surface area contributed by atoms with Crippen LogP contribution in [0.1, 0.15) is 30.1 Å². The number of hydrogen-bond donors (Lipinski definition) is 3. The van der Waals surface area contributed by atoms with Gasteiger partial charge in [-0.1, -0.05) is 42.5 Å². The highest BCUT2D eigenvalue weighted by Crippen LogP contribution is 2.20. The van der Waals surface area contributed by atoms with E-state index in [0.29, 0.717) is 12.4 Å². The lowest BCUT2D eigenvalue weighted by Crippen LogP contribution is -2.41. The monoisotopic (exact) mass is 376 g/mol. The standard InChI is InChI=1S/C20H24N2O3.ClH/c23-19(13-22-20(24)18-10-5-11-21-18)16-8-4-9-17(12-16)25-14-15-6-2-1-3-7-15;/h1-4,6-9,12,18-19,21,23H,5,10-11,13-14H2,(H,22,24);1H/t18-,19?;/m0./s1. The van der Waals surface area contributed by atoms with E-state index < -0.39 is 6.10 Å². The summed E-state index contributed by atoms with van der Waals surface area (Å²) in [5.41, 5.74) is 1.81. The van der Waals surface area contributed by atoms with E-state index in [1.165, 1.54) is 0 Å². The summed E-state index contributed by atoms with van der Waals surface area (Å²) in [4.78, 5) is 12.0. The zero-order valence-electron chi connectivity index (χ0n) is 14.6. The molecule has 26 heavy (non-hydrogen) atoms. The molecule has 6 heteroatoms. The Morgan fingerprint density at radius 1 is 1.23 bits per heavy atom. The number of halogens is 1. The zero-order chi connectivity index (χ0) is 17.5. The van der Waals surface area contributed by atoms with Crippen LogP contribution in [0.15, 0.2) is 54.6 Å². The van der Waals surface area contributed by atoms with Crippen molar-refractivity contribution in [1.82, 2.24) is 10.6 Å². The van der Waals surface area contributed by atoms with E-state index in [1.54, 1.807) is 0 Å². The van der Waals surface area contributed by atoms with Gasteiger partial charge in [0.1, 0.15) is 12.4 Å². The number of aliphatic hydroxyl groups is 1. The van der Waals surface area contributed by atoms with Crippen LogP contribution in [0.3, 0.4) is 0 Å². The third kappa shape index (κ3) is 5.73. The van der Waals surface area contributed by atoms with Crippen LogP contribution in [0.25, 0.3) is 0 Å². The Morgan fingerprint density at radius 2 is 2.04 bits per heavy atom. The Hall–Kier alpha value is -2.08. The highest BCUT2D eigenvalue weighted by atomic mass is 35.5. The van der Waals surface area contributed by atoms with Gasteiger partial charge in [0, 0.05) is 6.54 Å². The molecule has 1 fully saturated rings. The van der Waals surface area contributed by atoms with Crippen molar-refractivity contribution in [2.45, 2.75) is 31.6 Å². The van der Waals surface area contributed by atoms with Crippen LogP contribution in [0.4, 0.5) is 0 Å². The molecule has 1 saturated heterocycles. The van der Waals surface area contributed by atoms with Crippen molar-refractivity contribution < 1.29 is 14.6 Å². The van der Waals surface area contributed by atoms with Crippen molar-refractivity contribution >= 4 is 18.3 Å². The molecule has 3 N–H and O–H groups in total. The summed E-state index contributed by atoms with van der Waals surface area (Å²) in [5, 5.41) is 16.3. The number of carbonyl (C=O) groups is 1. The molecule has 1 aliphatic heterocycles. The summed E-state index contributed by atoms with van der Waals surface area (Å²) in [6, 6.07) is 17.1. The molecule has 0 saturated carbocycles. The van der Waals surface area contributed by atoms with Gasteiger partial charge in [0.05, 0.1) is 12.1 Å². The van der Waals surface area contributed by atoms with Gasteiger partial charge in [-0.3, -0.25) is 4.79 Å². The van der Waals surface area contributed by atoms with Crippen molar-refractivity contribution in [3.8, 4) is 5.75 Å². The van der Waals surface area contributed by atoms with Gasteiger partial charge >= 0.3 is 0 Å². The van der Waals surface area contributed by atoms with Gasteiger partial charge in [0.15, 0.2) is 0 Å². The molecule has 0 spiro atoms. The first-order chi connectivity index (χ1) is 12.2. The lowest BCUT2D eigenvalue weighted by Gasteiger charge is -2.16. The predicted octanol–water partition coefficient (Wildman–Crippen LogP) is 2.59. The summed E-state index contributed by atoms with van der Waals surface area (Å²) in [7, 11) is 0. The fourth-order valence-corrected chi connectivity index (χ4v) is 2.90. The molecule has 140 valence electrons. The second-order valence-corrected chi connectivity index (χ2v) is 6.26. The average molecular weight is 377 g/mol. The maximum atomic E-state index is 12.0. The normalized spacial score (nSPS) is 17.2. The van der Waals surface area contributed by atoms with Gasteiger partial charge in [-0.2, -0.15) is 0 Å². The zero-order valence-corrected chi connectivity index (χ0v) is 15.4. The second kappa shape index (κ2) is 10.2. The van der Waals surface area contributed by atoms with Crippen molar-refractivity contribution in [3.05, 3.63) is 65.7 Å². The smallest absolute Gasteiger partial charge is 0.237 e. The minimum Gasteiger partial charge on any atom is -0.489 e. The highest BCUT2D eigenvalue weighted by molar-refractivity contribution is 5.85. The number of carbonyl (C=O) groups excluding carboxylic acids is 1. The van der Waals surface area contributed by atoms with Gasteiger partial charge in [0.2, 0.25) is 5.91 Å². The van der Waals surface area contributed by atoms with Gasteiger partial charge in [-0.15, -0.1) is 12.4 Å². The van der Waals surface area contributed by atoms with Gasteiger partial charge < -0.3 is 20.5 Å². The Kier molecular flexibility index (Phi) is 7.91. The third-order valence-electron chi connectivity index (χ3n) is 4.34. The second-order valence-electron chi connectivity index (χ2n) is 6.26. The van der Waals surface area contributed by atoms with Gasteiger partial charge in [0.25, 0.3) is 0 Å². The molecule has 1 unspecified atom stereocenters. The summed E-state index contributed by atoms with van der Waals surface area (Å²) in [6.45, 7) is 1.55. The number of hydrogen-bond acceptors (Lipinski definition) is 4. The lowest BCUT2D eigenvalue weighted by molar-refractivity contribution is -0.123. The molecule has 3 rings (SSSR count). The molecule has 2 aromatic carbocycles. The van der Waals surface area contributed by atoms with Crippen LogP contribution in [0.2, 0.25) is 0 Å². The SMILES string of the molecule is Cl.O=C(NCC(O)c1cccc(OCc2ccccc2)c1)[C@@H]1CCCN1. The van der Waals surface area contributed by atoms with Crippen LogP contribution in [0, 0.1) is 0 Å². The Balaban J connectivity index is 0.00000243. The van der Waals surface area contributed by atoms with Crippen LogP contribution >= 0.6 is 12.4 Å². The van der Waals surface area contributed by atoms with Crippen molar-refractivity contribution in [3.63, 3.8) is 0 Å². The highest BCUT2D eigenvalue weighted by Gasteiger charge is 2.22. The third-order valence-corrected chi connectivity index (χ3v) is 4.34. The number of nitrogens with one attached hydrogen (secondary N) is 2. The summed E-state index contributed by atoms with van der Waals surface area (Å²) in [6.07, 6.45) is 1.11. The molecule has 0 aromatic heterocycles. The molecule has 1 amide bonds. The fourth-order valence-electron chi connectivity index (χ4n) is 2.90. The molecular formula is C20H25ClN2O3. The Labute approximate surface area is 160 Å². The summed E-state index contributed by atoms with van der Waals surface area (Å²) < 4.78 is 5.78. The van der Waals surface area contributed by atoms with Crippen LogP contribution < -0.4 is 15.4 Å². The van der Waals surface area contributed by atoms with E-state index in [0.717, 1.165) is 30.5 Å². The molecule has 2 atom stereocenters. The topological polar surface area (TPSA) is 70.6 Å². The van der Waals surface area contributed by atoms with E-state index >= 15 is 0 Å². The van der Waals surface area contributed by atoms with E-state index in [-0.39, 0.29) is 30.9 Å². The van der Waals surface area contributed by atoms with Crippen LogP contribution in [0.5, 0.6) is 5.75 Å². The first-order valence-corrected chi connectivity index (χ1v) is 8.68. The largest absolute Gasteiger partial charge is 0.489 e. The van der Waals surface area contributed by atoms with Crippen LogP contribution in [-0.2, 0) is 11.4 Å². The molecule has 1 heterocycles. The predicted molar refractivity (Wildman–Crippen MR) is 103 cm³/mol. The van der Waals surface area contributed by atoms with E-state index in [1.807, 2.05) is 54.6 Å². The number of amides is 1. The Morgan fingerprint density at radius 3 is 2.77 bits per heavy atom. The lowest BCUT2D eigenvalue weighted by atomic mass is 10.1. The fraction of sp³-hybridized carbons (Fsp3) is 0.350. The first kappa shape index (κ1) is 20.2. The summed E-state index contributed by atoms with van der Waals surface area (Å²) >= 11 is 0. The van der Waals surface area contributed by atoms with Crippen molar-refractivity contribution in [1.29, 1.82) is 0 Å². The molecule has 5 nitrogen and oxygen atoms in total. The maximum Gasteiger partial charge on any atom is 0.237 e.